The number of pyridine rings is 2. The standard InChI is InChI=1S/C24H25N5O3/c1-28(2)24(31)20-10-9-19(15-26-20)32-21-11-8-18(27-22-6-3-4-12-25-22)14-17(21)16-29-13-5-7-23(29)30/h3-4,6,8-12,14-15H,5,7,13,16H2,1-2H3,(H,25,27). The Hall–Kier alpha value is -3.94. The van der Waals surface area contributed by atoms with Crippen LogP contribution in [-0.4, -0.2) is 52.2 Å². The zero-order valence-electron chi connectivity index (χ0n) is 18.1. The average Bonchev–Trinajstić information content (AvgIpc) is 3.20. The Labute approximate surface area is 186 Å². The van der Waals surface area contributed by atoms with Crippen LogP contribution in [0.15, 0.2) is 60.9 Å². The smallest absolute Gasteiger partial charge is 0.271 e. The molecule has 0 radical (unpaired) electrons. The molecule has 0 spiro atoms. The fourth-order valence-corrected chi connectivity index (χ4v) is 3.46. The minimum absolute atomic E-state index is 0.146. The Balaban J connectivity index is 1.58. The molecule has 2 amide bonds. The second kappa shape index (κ2) is 9.47. The van der Waals surface area contributed by atoms with Crippen LogP contribution in [-0.2, 0) is 11.3 Å². The number of carbonyl (C=O) groups excluding carboxylic acids is 2. The van der Waals surface area contributed by atoms with E-state index in [0.717, 1.165) is 30.0 Å². The van der Waals surface area contributed by atoms with Crippen molar-refractivity contribution in [2.75, 3.05) is 26.0 Å². The van der Waals surface area contributed by atoms with Gasteiger partial charge < -0.3 is 19.9 Å². The molecule has 1 aromatic carbocycles. The highest BCUT2D eigenvalue weighted by Crippen LogP contribution is 2.31. The molecule has 3 heterocycles. The summed E-state index contributed by atoms with van der Waals surface area (Å²) in [6.07, 6.45) is 4.70. The molecular formula is C24H25N5O3. The van der Waals surface area contributed by atoms with Gasteiger partial charge >= 0.3 is 0 Å². The van der Waals surface area contributed by atoms with Crippen molar-refractivity contribution in [1.82, 2.24) is 19.8 Å². The third-order valence-electron chi connectivity index (χ3n) is 5.12. The van der Waals surface area contributed by atoms with E-state index in [1.54, 1.807) is 32.4 Å². The lowest BCUT2D eigenvalue weighted by atomic mass is 10.1. The summed E-state index contributed by atoms with van der Waals surface area (Å²) in [6.45, 7) is 1.19. The van der Waals surface area contributed by atoms with Crippen LogP contribution in [0, 0.1) is 0 Å². The van der Waals surface area contributed by atoms with Crippen LogP contribution in [0.1, 0.15) is 28.9 Å². The fraction of sp³-hybridized carbons (Fsp3) is 0.250. The SMILES string of the molecule is CN(C)C(=O)c1ccc(Oc2ccc(Nc3ccccn3)cc2CN2CCCC2=O)cn1. The highest BCUT2D eigenvalue weighted by atomic mass is 16.5. The van der Waals surface area contributed by atoms with Gasteiger partial charge in [-0.15, -0.1) is 0 Å². The van der Waals surface area contributed by atoms with Crippen LogP contribution in [0.2, 0.25) is 0 Å². The highest BCUT2D eigenvalue weighted by molar-refractivity contribution is 5.91. The Morgan fingerprint density at radius 1 is 1.16 bits per heavy atom. The first-order valence-corrected chi connectivity index (χ1v) is 10.4. The molecule has 0 atom stereocenters. The zero-order chi connectivity index (χ0) is 22.5. The lowest BCUT2D eigenvalue weighted by Crippen LogP contribution is -2.24. The first kappa shape index (κ1) is 21.3. The number of nitrogens with zero attached hydrogens (tertiary/aromatic N) is 4. The van der Waals surface area contributed by atoms with Gasteiger partial charge in [0.15, 0.2) is 0 Å². The monoisotopic (exact) mass is 431 g/mol. The molecule has 164 valence electrons. The second-order valence-corrected chi connectivity index (χ2v) is 7.76. The van der Waals surface area contributed by atoms with Gasteiger partial charge in [0.2, 0.25) is 5.91 Å². The normalized spacial score (nSPS) is 13.2. The number of ether oxygens (including phenoxy) is 1. The van der Waals surface area contributed by atoms with Gasteiger partial charge in [0.25, 0.3) is 5.91 Å². The van der Waals surface area contributed by atoms with Crippen molar-refractivity contribution in [1.29, 1.82) is 0 Å². The number of hydrogen-bond donors (Lipinski definition) is 1. The minimum Gasteiger partial charge on any atom is -0.455 e. The molecule has 2 aromatic heterocycles. The molecule has 1 aliphatic rings. The predicted octanol–water partition coefficient (Wildman–Crippen LogP) is 3.84. The van der Waals surface area contributed by atoms with Crippen LogP contribution >= 0.6 is 0 Å². The predicted molar refractivity (Wildman–Crippen MR) is 121 cm³/mol. The van der Waals surface area contributed by atoms with Crippen molar-refractivity contribution in [3.05, 3.63) is 72.2 Å². The van der Waals surface area contributed by atoms with E-state index >= 15 is 0 Å². The van der Waals surface area contributed by atoms with Gasteiger partial charge in [-0.05, 0) is 48.9 Å². The lowest BCUT2D eigenvalue weighted by Gasteiger charge is -2.19. The summed E-state index contributed by atoms with van der Waals surface area (Å²) in [7, 11) is 3.36. The van der Waals surface area contributed by atoms with Gasteiger partial charge in [0.05, 0.1) is 6.20 Å². The van der Waals surface area contributed by atoms with Crippen molar-refractivity contribution in [2.45, 2.75) is 19.4 Å². The maximum atomic E-state index is 12.2. The molecule has 8 heteroatoms. The molecule has 1 fully saturated rings. The highest BCUT2D eigenvalue weighted by Gasteiger charge is 2.22. The molecule has 1 saturated heterocycles. The number of aromatic nitrogens is 2. The summed E-state index contributed by atoms with van der Waals surface area (Å²) in [6, 6.07) is 14.7. The second-order valence-electron chi connectivity index (χ2n) is 7.76. The summed E-state index contributed by atoms with van der Waals surface area (Å²) in [5.74, 6) is 1.85. The number of likely N-dealkylation sites (tertiary alicyclic amines) is 1. The van der Waals surface area contributed by atoms with Gasteiger partial charge in [-0.3, -0.25) is 9.59 Å². The van der Waals surface area contributed by atoms with E-state index in [1.165, 1.54) is 11.1 Å². The van der Waals surface area contributed by atoms with Crippen LogP contribution in [0.5, 0.6) is 11.5 Å². The van der Waals surface area contributed by atoms with Crippen LogP contribution < -0.4 is 10.1 Å². The van der Waals surface area contributed by atoms with Gasteiger partial charge in [0, 0.05) is 51.1 Å². The minimum atomic E-state index is -0.172. The Kier molecular flexibility index (Phi) is 6.30. The fourth-order valence-electron chi connectivity index (χ4n) is 3.46. The molecular weight excluding hydrogens is 406 g/mol. The number of benzene rings is 1. The summed E-state index contributed by atoms with van der Waals surface area (Å²) in [4.78, 5) is 36.1. The lowest BCUT2D eigenvalue weighted by molar-refractivity contribution is -0.128. The molecule has 0 saturated carbocycles. The van der Waals surface area contributed by atoms with Crippen molar-refractivity contribution >= 4 is 23.3 Å². The van der Waals surface area contributed by atoms with Gasteiger partial charge in [-0.2, -0.15) is 0 Å². The number of anilines is 2. The summed E-state index contributed by atoms with van der Waals surface area (Å²) >= 11 is 0. The van der Waals surface area contributed by atoms with E-state index in [-0.39, 0.29) is 11.8 Å². The van der Waals surface area contributed by atoms with Crippen molar-refractivity contribution < 1.29 is 14.3 Å². The van der Waals surface area contributed by atoms with Crippen molar-refractivity contribution in [3.63, 3.8) is 0 Å². The first-order valence-electron chi connectivity index (χ1n) is 10.4. The number of carbonyl (C=O) groups is 2. The van der Waals surface area contributed by atoms with Crippen molar-refractivity contribution in [3.8, 4) is 11.5 Å². The molecule has 0 unspecified atom stereocenters. The van der Waals surface area contributed by atoms with E-state index in [0.29, 0.717) is 30.2 Å². The molecule has 0 aliphatic carbocycles. The summed E-state index contributed by atoms with van der Waals surface area (Å²) < 4.78 is 6.09. The topological polar surface area (TPSA) is 87.7 Å². The largest absolute Gasteiger partial charge is 0.455 e. The summed E-state index contributed by atoms with van der Waals surface area (Å²) in [5.41, 5.74) is 2.07. The van der Waals surface area contributed by atoms with Crippen LogP contribution in [0.3, 0.4) is 0 Å². The molecule has 1 aliphatic heterocycles. The van der Waals surface area contributed by atoms with Crippen molar-refractivity contribution in [2.24, 2.45) is 0 Å². The molecule has 32 heavy (non-hydrogen) atoms. The molecule has 8 nitrogen and oxygen atoms in total. The Morgan fingerprint density at radius 3 is 2.69 bits per heavy atom. The van der Waals surface area contributed by atoms with E-state index < -0.39 is 0 Å². The van der Waals surface area contributed by atoms with Gasteiger partial charge in [0.1, 0.15) is 23.0 Å². The van der Waals surface area contributed by atoms with E-state index in [2.05, 4.69) is 15.3 Å². The quantitative estimate of drug-likeness (QED) is 0.612. The van der Waals surface area contributed by atoms with Crippen LogP contribution in [0.4, 0.5) is 11.5 Å². The molecule has 3 aromatic rings. The van der Waals surface area contributed by atoms with Gasteiger partial charge in [-0.25, -0.2) is 9.97 Å². The Morgan fingerprint density at radius 2 is 2.03 bits per heavy atom. The molecule has 1 N–H and O–H groups in total. The maximum absolute atomic E-state index is 12.2. The number of nitrogens with one attached hydrogen (secondary N) is 1. The third kappa shape index (κ3) is 5.03. The van der Waals surface area contributed by atoms with E-state index in [9.17, 15) is 9.59 Å². The molecule has 0 bridgehead atoms. The molecule has 4 rings (SSSR count). The number of rotatable bonds is 7. The number of amides is 2. The third-order valence-corrected chi connectivity index (χ3v) is 5.12. The zero-order valence-corrected chi connectivity index (χ0v) is 18.1. The van der Waals surface area contributed by atoms with E-state index in [1.807, 2.05) is 41.3 Å². The van der Waals surface area contributed by atoms with E-state index in [4.69, 9.17) is 4.74 Å². The van der Waals surface area contributed by atoms with Gasteiger partial charge in [-0.1, -0.05) is 6.07 Å². The van der Waals surface area contributed by atoms with Crippen LogP contribution in [0.25, 0.3) is 0 Å². The average molecular weight is 431 g/mol. The maximum Gasteiger partial charge on any atom is 0.271 e. The first-order chi connectivity index (χ1) is 15.5. The summed E-state index contributed by atoms with van der Waals surface area (Å²) in [5, 5.41) is 3.28. The number of hydrogen-bond acceptors (Lipinski definition) is 6. The Bertz CT molecular complexity index is 1100.